The molecule has 2 fully saturated rings. The second kappa shape index (κ2) is 9.34. The van der Waals surface area contributed by atoms with Crippen molar-refractivity contribution in [2.24, 2.45) is 17.5 Å². The van der Waals surface area contributed by atoms with Crippen LogP contribution in [0.15, 0.2) is 4.99 Å². The van der Waals surface area contributed by atoms with Crippen LogP contribution in [-0.4, -0.2) is 46.0 Å². The van der Waals surface area contributed by atoms with Crippen molar-refractivity contribution in [3.8, 4) is 0 Å². The van der Waals surface area contributed by atoms with Gasteiger partial charge in [-0.3, -0.25) is 0 Å². The zero-order valence-electron chi connectivity index (χ0n) is 16.4. The summed E-state index contributed by atoms with van der Waals surface area (Å²) in [6.07, 6.45) is 6.62. The van der Waals surface area contributed by atoms with Gasteiger partial charge in [0.1, 0.15) is 12.4 Å². The van der Waals surface area contributed by atoms with Gasteiger partial charge in [-0.1, -0.05) is 12.8 Å². The van der Waals surface area contributed by atoms with Gasteiger partial charge < -0.3 is 19.9 Å². The fourth-order valence-electron chi connectivity index (χ4n) is 4.31. The van der Waals surface area contributed by atoms with E-state index >= 15 is 0 Å². The van der Waals surface area contributed by atoms with Crippen LogP contribution in [-0.2, 0) is 18.3 Å². The highest BCUT2D eigenvalue weighted by atomic mass is 127. The Kier molecular flexibility index (Phi) is 7.69. The number of halogens is 1. The zero-order valence-corrected chi connectivity index (χ0v) is 18.7. The summed E-state index contributed by atoms with van der Waals surface area (Å²) in [5.41, 5.74) is 0.299. The Morgan fingerprint density at radius 1 is 1.31 bits per heavy atom. The first-order chi connectivity index (χ1) is 12.1. The van der Waals surface area contributed by atoms with E-state index in [1.807, 2.05) is 18.5 Å². The van der Waals surface area contributed by atoms with Gasteiger partial charge in [0, 0.05) is 31.7 Å². The summed E-state index contributed by atoms with van der Waals surface area (Å²) in [4.78, 5) is 4.74. The van der Waals surface area contributed by atoms with E-state index in [1.165, 1.54) is 25.7 Å². The van der Waals surface area contributed by atoms with Gasteiger partial charge in [0.25, 0.3) is 0 Å². The van der Waals surface area contributed by atoms with Crippen LogP contribution in [0.3, 0.4) is 0 Å². The molecule has 7 nitrogen and oxygen atoms in total. The van der Waals surface area contributed by atoms with Crippen molar-refractivity contribution in [1.82, 2.24) is 25.4 Å². The number of aliphatic imine (C=N–C) groups is 1. The molecule has 26 heavy (non-hydrogen) atoms. The minimum atomic E-state index is 0. The first-order valence-corrected chi connectivity index (χ1v) is 9.62. The summed E-state index contributed by atoms with van der Waals surface area (Å²) < 4.78 is 8.00. The summed E-state index contributed by atoms with van der Waals surface area (Å²) >= 11 is 0. The molecule has 0 saturated heterocycles. The lowest BCUT2D eigenvalue weighted by Gasteiger charge is -2.54. The summed E-state index contributed by atoms with van der Waals surface area (Å²) in [6, 6.07) is 0.450. The molecule has 0 radical (unpaired) electrons. The Labute approximate surface area is 173 Å². The van der Waals surface area contributed by atoms with E-state index in [4.69, 9.17) is 9.73 Å². The lowest BCUT2D eigenvalue weighted by molar-refractivity contribution is -0.125. The number of aryl methyl sites for hydroxylation is 1. The molecule has 0 aromatic carbocycles. The van der Waals surface area contributed by atoms with Gasteiger partial charge in [-0.15, -0.1) is 34.2 Å². The van der Waals surface area contributed by atoms with Crippen LogP contribution in [0.25, 0.3) is 0 Å². The minimum absolute atomic E-state index is 0. The van der Waals surface area contributed by atoms with Crippen LogP contribution >= 0.6 is 24.0 Å². The summed E-state index contributed by atoms with van der Waals surface area (Å²) in [7, 11) is 1.98. The van der Waals surface area contributed by atoms with Crippen LogP contribution in [0.4, 0.5) is 0 Å². The Morgan fingerprint density at radius 3 is 2.62 bits per heavy atom. The van der Waals surface area contributed by atoms with Crippen molar-refractivity contribution in [2.45, 2.75) is 71.6 Å². The fraction of sp³-hybridized carbons (Fsp3) is 0.833. The summed E-state index contributed by atoms with van der Waals surface area (Å²) in [5.74, 6) is 2.66. The third kappa shape index (κ3) is 4.16. The molecule has 2 unspecified atom stereocenters. The molecule has 1 spiro atoms. The molecule has 0 bridgehead atoms. The SMILES string of the molecule is CCNC(=NCc1nnc(C)n1C)NC1CC(OCC)C12CCCC2.I. The van der Waals surface area contributed by atoms with Gasteiger partial charge in [0.05, 0.1) is 6.10 Å². The molecule has 2 atom stereocenters. The smallest absolute Gasteiger partial charge is 0.191 e. The summed E-state index contributed by atoms with van der Waals surface area (Å²) in [6.45, 7) is 8.32. The van der Waals surface area contributed by atoms with Crippen molar-refractivity contribution in [2.75, 3.05) is 13.2 Å². The first-order valence-electron chi connectivity index (χ1n) is 9.62. The second-order valence-electron chi connectivity index (χ2n) is 7.23. The third-order valence-electron chi connectivity index (χ3n) is 5.90. The maximum absolute atomic E-state index is 6.01. The number of nitrogens with one attached hydrogen (secondary N) is 2. The second-order valence-corrected chi connectivity index (χ2v) is 7.23. The van der Waals surface area contributed by atoms with Gasteiger partial charge >= 0.3 is 0 Å². The molecule has 2 N–H and O–H groups in total. The molecule has 1 heterocycles. The van der Waals surface area contributed by atoms with E-state index < -0.39 is 0 Å². The van der Waals surface area contributed by atoms with Gasteiger partial charge in [-0.25, -0.2) is 4.99 Å². The monoisotopic (exact) mass is 476 g/mol. The molecule has 148 valence electrons. The molecular formula is C18H33IN6O. The maximum Gasteiger partial charge on any atom is 0.191 e. The fourth-order valence-corrected chi connectivity index (χ4v) is 4.31. The average molecular weight is 476 g/mol. The van der Waals surface area contributed by atoms with E-state index in [0.29, 0.717) is 24.1 Å². The molecule has 1 aromatic heterocycles. The normalized spacial score (nSPS) is 24.2. The maximum atomic E-state index is 6.01. The molecular weight excluding hydrogens is 443 g/mol. The van der Waals surface area contributed by atoms with Crippen LogP contribution in [0.1, 0.15) is 57.6 Å². The van der Waals surface area contributed by atoms with Crippen molar-refractivity contribution >= 4 is 29.9 Å². The van der Waals surface area contributed by atoms with Gasteiger partial charge in [-0.2, -0.15) is 0 Å². The molecule has 2 saturated carbocycles. The number of hydrogen-bond donors (Lipinski definition) is 2. The van der Waals surface area contributed by atoms with Crippen LogP contribution in [0.5, 0.6) is 0 Å². The quantitative estimate of drug-likeness (QED) is 0.375. The first kappa shape index (κ1) is 21.4. The number of aromatic nitrogens is 3. The Hall–Kier alpha value is -0.900. The van der Waals surface area contributed by atoms with Gasteiger partial charge in [0.2, 0.25) is 0 Å². The molecule has 3 rings (SSSR count). The number of nitrogens with zero attached hydrogens (tertiary/aromatic N) is 4. The number of hydrogen-bond acceptors (Lipinski definition) is 4. The molecule has 2 aliphatic carbocycles. The number of rotatable bonds is 6. The van der Waals surface area contributed by atoms with Crippen molar-refractivity contribution in [3.05, 3.63) is 11.6 Å². The molecule has 2 aliphatic rings. The average Bonchev–Trinajstić information content (AvgIpc) is 3.22. The zero-order chi connectivity index (χ0) is 17.9. The summed E-state index contributed by atoms with van der Waals surface area (Å²) in [5, 5.41) is 15.3. The van der Waals surface area contributed by atoms with Crippen LogP contribution in [0.2, 0.25) is 0 Å². The highest BCUT2D eigenvalue weighted by molar-refractivity contribution is 14.0. The molecule has 0 amide bonds. The minimum Gasteiger partial charge on any atom is -0.378 e. The largest absolute Gasteiger partial charge is 0.378 e. The van der Waals surface area contributed by atoms with E-state index in [9.17, 15) is 0 Å². The van der Waals surface area contributed by atoms with E-state index in [-0.39, 0.29) is 24.0 Å². The highest BCUT2D eigenvalue weighted by Gasteiger charge is 2.56. The van der Waals surface area contributed by atoms with E-state index in [2.05, 4.69) is 34.7 Å². The number of ether oxygens (including phenoxy) is 1. The van der Waals surface area contributed by atoms with Crippen molar-refractivity contribution in [3.63, 3.8) is 0 Å². The van der Waals surface area contributed by atoms with Gasteiger partial charge in [-0.05, 0) is 40.0 Å². The standard InChI is InChI=1S/C18H32N6O.HI/c1-5-19-17(20-12-16-23-22-13(3)24(16)4)21-14-11-15(25-6-2)18(14)9-7-8-10-18;/h14-15H,5-12H2,1-4H3,(H2,19,20,21);1H. The lowest BCUT2D eigenvalue weighted by Crippen LogP contribution is -2.65. The Morgan fingerprint density at radius 2 is 2.04 bits per heavy atom. The van der Waals surface area contributed by atoms with Crippen LogP contribution < -0.4 is 10.6 Å². The Balaban J connectivity index is 0.00000243. The predicted octanol–water partition coefficient (Wildman–Crippen LogP) is 2.53. The van der Waals surface area contributed by atoms with Crippen molar-refractivity contribution < 1.29 is 4.74 Å². The Bertz CT molecular complexity index is 611. The van der Waals surface area contributed by atoms with E-state index in [0.717, 1.165) is 37.2 Å². The predicted molar refractivity (Wildman–Crippen MR) is 114 cm³/mol. The molecule has 0 aliphatic heterocycles. The topological polar surface area (TPSA) is 76.4 Å². The van der Waals surface area contributed by atoms with E-state index in [1.54, 1.807) is 0 Å². The van der Waals surface area contributed by atoms with Crippen molar-refractivity contribution in [1.29, 1.82) is 0 Å². The number of guanidine groups is 1. The van der Waals surface area contributed by atoms with Crippen LogP contribution in [0, 0.1) is 12.3 Å². The molecule has 8 heteroatoms. The molecule has 1 aromatic rings. The highest BCUT2D eigenvalue weighted by Crippen LogP contribution is 2.54. The van der Waals surface area contributed by atoms with Gasteiger partial charge in [0.15, 0.2) is 11.8 Å². The third-order valence-corrected chi connectivity index (χ3v) is 5.90. The lowest BCUT2D eigenvalue weighted by atomic mass is 9.60.